The molecular formula is C22H18O4. The van der Waals surface area contributed by atoms with E-state index in [9.17, 15) is 9.59 Å². The van der Waals surface area contributed by atoms with Gasteiger partial charge in [-0.3, -0.25) is 9.59 Å². The Labute approximate surface area is 152 Å². The summed E-state index contributed by atoms with van der Waals surface area (Å²) in [5.41, 5.74) is 1.26. The number of para-hydroxylation sites is 2. The lowest BCUT2D eigenvalue weighted by molar-refractivity contribution is 0.100. The van der Waals surface area contributed by atoms with Crippen molar-refractivity contribution in [3.05, 3.63) is 83.9 Å². The van der Waals surface area contributed by atoms with Gasteiger partial charge in [-0.1, -0.05) is 12.1 Å². The molecule has 130 valence electrons. The van der Waals surface area contributed by atoms with Crippen molar-refractivity contribution in [2.75, 3.05) is 0 Å². The summed E-state index contributed by atoms with van der Waals surface area (Å²) in [5.74, 6) is 2.34. The van der Waals surface area contributed by atoms with Crippen LogP contribution in [0.2, 0.25) is 0 Å². The Hall–Kier alpha value is -3.40. The highest BCUT2D eigenvalue weighted by Gasteiger charge is 2.08. The van der Waals surface area contributed by atoms with Crippen molar-refractivity contribution < 1.29 is 19.1 Å². The van der Waals surface area contributed by atoms with Crippen LogP contribution in [0.15, 0.2) is 72.8 Å². The van der Waals surface area contributed by atoms with Crippen molar-refractivity contribution in [1.82, 2.24) is 0 Å². The molecule has 0 aromatic heterocycles. The Bertz CT molecular complexity index is 847. The van der Waals surface area contributed by atoms with E-state index in [1.807, 2.05) is 12.1 Å². The van der Waals surface area contributed by atoms with Gasteiger partial charge >= 0.3 is 0 Å². The molecule has 0 spiro atoms. The highest BCUT2D eigenvalue weighted by Crippen LogP contribution is 2.34. The van der Waals surface area contributed by atoms with E-state index in [4.69, 9.17) is 9.47 Å². The predicted octanol–water partition coefficient (Wildman–Crippen LogP) is 5.68. The van der Waals surface area contributed by atoms with Crippen molar-refractivity contribution in [1.29, 1.82) is 0 Å². The fourth-order valence-electron chi connectivity index (χ4n) is 2.39. The number of Topliss-reactive ketones (excluding diaryl/α,β-unsaturated/α-hetero) is 2. The molecule has 26 heavy (non-hydrogen) atoms. The maximum atomic E-state index is 11.4. The van der Waals surface area contributed by atoms with Gasteiger partial charge in [-0.25, -0.2) is 0 Å². The molecule has 0 atom stereocenters. The van der Waals surface area contributed by atoms with Gasteiger partial charge in [0.25, 0.3) is 0 Å². The maximum absolute atomic E-state index is 11.4. The van der Waals surface area contributed by atoms with Crippen LogP contribution in [0.3, 0.4) is 0 Å². The van der Waals surface area contributed by atoms with Crippen LogP contribution in [0, 0.1) is 0 Å². The Morgan fingerprint density at radius 3 is 1.23 bits per heavy atom. The number of ether oxygens (including phenoxy) is 2. The smallest absolute Gasteiger partial charge is 0.169 e. The van der Waals surface area contributed by atoms with Gasteiger partial charge in [0.05, 0.1) is 0 Å². The zero-order chi connectivity index (χ0) is 18.5. The molecule has 0 N–H and O–H groups in total. The number of ketones is 2. The van der Waals surface area contributed by atoms with Crippen LogP contribution in [0.5, 0.6) is 23.0 Å². The third kappa shape index (κ3) is 4.16. The zero-order valence-electron chi connectivity index (χ0n) is 14.6. The Morgan fingerprint density at radius 2 is 0.923 bits per heavy atom. The van der Waals surface area contributed by atoms with Gasteiger partial charge in [-0.05, 0) is 74.5 Å². The lowest BCUT2D eigenvalue weighted by atomic mass is 10.1. The molecule has 3 rings (SSSR count). The van der Waals surface area contributed by atoms with Crippen LogP contribution in [0.4, 0.5) is 0 Å². The van der Waals surface area contributed by atoms with Crippen molar-refractivity contribution >= 4 is 11.6 Å². The molecular weight excluding hydrogens is 328 g/mol. The third-order valence-electron chi connectivity index (χ3n) is 3.83. The Kier molecular flexibility index (Phi) is 5.13. The van der Waals surface area contributed by atoms with Gasteiger partial charge in [0.15, 0.2) is 23.1 Å². The zero-order valence-corrected chi connectivity index (χ0v) is 14.6. The quantitative estimate of drug-likeness (QED) is 0.539. The summed E-state index contributed by atoms with van der Waals surface area (Å²) >= 11 is 0. The van der Waals surface area contributed by atoms with Crippen LogP contribution >= 0.6 is 0 Å². The number of carbonyl (C=O) groups is 2. The Balaban J connectivity index is 1.79. The van der Waals surface area contributed by atoms with E-state index in [2.05, 4.69) is 0 Å². The average molecular weight is 346 g/mol. The van der Waals surface area contributed by atoms with Gasteiger partial charge in [0, 0.05) is 11.1 Å². The van der Waals surface area contributed by atoms with Gasteiger partial charge < -0.3 is 9.47 Å². The molecule has 4 heteroatoms. The molecule has 0 saturated heterocycles. The summed E-state index contributed by atoms with van der Waals surface area (Å²) in [7, 11) is 0. The lowest BCUT2D eigenvalue weighted by Crippen LogP contribution is -1.94. The van der Waals surface area contributed by atoms with E-state index >= 15 is 0 Å². The summed E-state index contributed by atoms with van der Waals surface area (Å²) in [6, 6.07) is 21.2. The average Bonchev–Trinajstić information content (AvgIpc) is 2.64. The molecule has 0 aliphatic heterocycles. The SMILES string of the molecule is CC(=O)c1ccc(Oc2ccccc2Oc2ccc(C(C)=O)cc2)cc1. The highest BCUT2D eigenvalue weighted by atomic mass is 16.5. The fraction of sp³-hybridized carbons (Fsp3) is 0.0909. The largest absolute Gasteiger partial charge is 0.453 e. The van der Waals surface area contributed by atoms with Crippen LogP contribution < -0.4 is 9.47 Å². The molecule has 4 nitrogen and oxygen atoms in total. The first-order valence-corrected chi connectivity index (χ1v) is 8.19. The lowest BCUT2D eigenvalue weighted by Gasteiger charge is -2.12. The minimum atomic E-state index is 0.00860. The molecule has 0 unspecified atom stereocenters. The number of benzene rings is 3. The van der Waals surface area contributed by atoms with E-state index in [-0.39, 0.29) is 11.6 Å². The first-order valence-electron chi connectivity index (χ1n) is 8.19. The van der Waals surface area contributed by atoms with Crippen molar-refractivity contribution in [3.8, 4) is 23.0 Å². The maximum Gasteiger partial charge on any atom is 0.169 e. The van der Waals surface area contributed by atoms with Crippen molar-refractivity contribution in [2.24, 2.45) is 0 Å². The van der Waals surface area contributed by atoms with E-state index in [1.54, 1.807) is 60.7 Å². The number of rotatable bonds is 6. The van der Waals surface area contributed by atoms with Gasteiger partial charge in [0.1, 0.15) is 11.5 Å². The van der Waals surface area contributed by atoms with E-state index in [1.165, 1.54) is 13.8 Å². The van der Waals surface area contributed by atoms with Crippen LogP contribution in [-0.2, 0) is 0 Å². The first-order chi connectivity index (χ1) is 12.5. The molecule has 3 aromatic rings. The summed E-state index contributed by atoms with van der Waals surface area (Å²) in [5, 5.41) is 0. The first kappa shape index (κ1) is 17.4. The summed E-state index contributed by atoms with van der Waals surface area (Å²) in [6.45, 7) is 3.05. The monoisotopic (exact) mass is 346 g/mol. The van der Waals surface area contributed by atoms with Crippen molar-refractivity contribution in [3.63, 3.8) is 0 Å². The predicted molar refractivity (Wildman–Crippen MR) is 99.5 cm³/mol. The molecule has 3 aromatic carbocycles. The molecule has 0 amide bonds. The van der Waals surface area contributed by atoms with E-state index in [0.29, 0.717) is 34.1 Å². The molecule has 0 radical (unpaired) electrons. The number of hydrogen-bond donors (Lipinski definition) is 0. The highest BCUT2D eigenvalue weighted by molar-refractivity contribution is 5.94. The standard InChI is InChI=1S/C22H18O4/c1-15(23)17-7-11-19(12-8-17)25-21-5-3-4-6-22(21)26-20-13-9-18(10-14-20)16(2)24/h3-14H,1-2H3. The molecule has 0 fully saturated rings. The fourth-order valence-corrected chi connectivity index (χ4v) is 2.39. The minimum Gasteiger partial charge on any atom is -0.453 e. The molecule has 0 bridgehead atoms. The summed E-state index contributed by atoms with van der Waals surface area (Å²) in [6.07, 6.45) is 0. The van der Waals surface area contributed by atoms with Gasteiger partial charge in [-0.2, -0.15) is 0 Å². The molecule has 0 heterocycles. The van der Waals surface area contributed by atoms with Gasteiger partial charge in [0.2, 0.25) is 0 Å². The number of hydrogen-bond acceptors (Lipinski definition) is 4. The van der Waals surface area contributed by atoms with Crippen LogP contribution in [0.1, 0.15) is 34.6 Å². The second kappa shape index (κ2) is 7.66. The van der Waals surface area contributed by atoms with Crippen molar-refractivity contribution in [2.45, 2.75) is 13.8 Å². The minimum absolute atomic E-state index is 0.00860. The van der Waals surface area contributed by atoms with Crippen LogP contribution in [-0.4, -0.2) is 11.6 Å². The second-order valence-electron chi connectivity index (χ2n) is 5.81. The third-order valence-corrected chi connectivity index (χ3v) is 3.83. The van der Waals surface area contributed by atoms with Crippen LogP contribution in [0.25, 0.3) is 0 Å². The normalized spacial score (nSPS) is 10.2. The summed E-state index contributed by atoms with van der Waals surface area (Å²) < 4.78 is 11.8. The molecule has 0 saturated carbocycles. The summed E-state index contributed by atoms with van der Waals surface area (Å²) in [4.78, 5) is 22.7. The van der Waals surface area contributed by atoms with E-state index < -0.39 is 0 Å². The topological polar surface area (TPSA) is 52.6 Å². The molecule has 0 aliphatic carbocycles. The van der Waals surface area contributed by atoms with E-state index in [0.717, 1.165) is 0 Å². The van der Waals surface area contributed by atoms with Gasteiger partial charge in [-0.15, -0.1) is 0 Å². The second-order valence-corrected chi connectivity index (χ2v) is 5.81. The Morgan fingerprint density at radius 1 is 0.577 bits per heavy atom. The molecule has 0 aliphatic rings. The number of carbonyl (C=O) groups excluding carboxylic acids is 2.